The lowest BCUT2D eigenvalue weighted by molar-refractivity contribution is -0.121. The predicted molar refractivity (Wildman–Crippen MR) is 91.6 cm³/mol. The molecule has 0 aliphatic carbocycles. The fourth-order valence-electron chi connectivity index (χ4n) is 3.72. The van der Waals surface area contributed by atoms with Crippen LogP contribution in [0.25, 0.3) is 0 Å². The van der Waals surface area contributed by atoms with Gasteiger partial charge in [0.15, 0.2) is 0 Å². The average molecular weight is 308 g/mol. The highest BCUT2D eigenvalue weighted by Crippen LogP contribution is 2.48. The Kier molecular flexibility index (Phi) is 3.04. The highest BCUT2D eigenvalue weighted by molar-refractivity contribution is 6.07. The number of aromatic nitrogens is 1. The van der Waals surface area contributed by atoms with E-state index in [2.05, 4.69) is 40.8 Å². The summed E-state index contributed by atoms with van der Waals surface area (Å²) in [6.45, 7) is 4.16. The molecule has 1 aromatic carbocycles. The van der Waals surface area contributed by atoms with Crippen molar-refractivity contribution in [2.45, 2.75) is 38.3 Å². The molecule has 2 aliphatic rings. The minimum absolute atomic E-state index is 0.0314. The number of hydrogen-bond acceptors (Lipinski definition) is 4. The van der Waals surface area contributed by atoms with E-state index < -0.39 is 5.41 Å². The van der Waals surface area contributed by atoms with Gasteiger partial charge in [0.25, 0.3) is 0 Å². The van der Waals surface area contributed by atoms with Crippen molar-refractivity contribution in [2.24, 2.45) is 0 Å². The van der Waals surface area contributed by atoms with Crippen molar-refractivity contribution in [2.75, 3.05) is 16.0 Å². The third kappa shape index (κ3) is 1.92. The molecule has 1 amide bonds. The zero-order chi connectivity index (χ0) is 16.0. The second-order valence-electron chi connectivity index (χ2n) is 6.19. The molecule has 0 spiro atoms. The Morgan fingerprint density at radius 3 is 2.35 bits per heavy atom. The topological polar surface area (TPSA) is 66.0 Å². The zero-order valence-corrected chi connectivity index (χ0v) is 13.3. The number of nitrogens with one attached hydrogen (secondary N) is 3. The number of benzene rings is 1. The van der Waals surface area contributed by atoms with E-state index in [1.165, 1.54) is 0 Å². The van der Waals surface area contributed by atoms with Crippen LogP contribution < -0.4 is 16.0 Å². The quantitative estimate of drug-likeness (QED) is 0.810. The summed E-state index contributed by atoms with van der Waals surface area (Å²) in [5.74, 6) is 0.117. The summed E-state index contributed by atoms with van der Waals surface area (Å²) in [6.07, 6.45) is 5.23. The first-order chi connectivity index (χ1) is 11.2. The van der Waals surface area contributed by atoms with Crippen molar-refractivity contribution in [1.82, 2.24) is 4.98 Å². The van der Waals surface area contributed by atoms with Crippen molar-refractivity contribution < 1.29 is 4.79 Å². The van der Waals surface area contributed by atoms with Gasteiger partial charge in [0.05, 0.1) is 16.8 Å². The number of amides is 1. The molecule has 118 valence electrons. The van der Waals surface area contributed by atoms with E-state index in [0.29, 0.717) is 0 Å². The fourth-order valence-corrected chi connectivity index (χ4v) is 3.72. The van der Waals surface area contributed by atoms with Crippen LogP contribution in [0.15, 0.2) is 36.7 Å². The maximum atomic E-state index is 12.5. The summed E-state index contributed by atoms with van der Waals surface area (Å²) in [6, 6.07) is 8.16. The Labute approximate surface area is 135 Å². The van der Waals surface area contributed by atoms with Gasteiger partial charge < -0.3 is 16.0 Å². The van der Waals surface area contributed by atoms with Crippen molar-refractivity contribution >= 4 is 23.0 Å². The molecular weight excluding hydrogens is 288 g/mol. The molecular formula is C18H20N4O. The van der Waals surface area contributed by atoms with Crippen LogP contribution >= 0.6 is 0 Å². The van der Waals surface area contributed by atoms with Crippen LogP contribution in [-0.4, -0.2) is 10.9 Å². The van der Waals surface area contributed by atoms with Gasteiger partial charge in [0, 0.05) is 18.1 Å². The van der Waals surface area contributed by atoms with E-state index in [0.717, 1.165) is 41.0 Å². The van der Waals surface area contributed by atoms with E-state index >= 15 is 0 Å². The van der Waals surface area contributed by atoms with Gasteiger partial charge in [-0.1, -0.05) is 13.8 Å². The van der Waals surface area contributed by atoms with Gasteiger partial charge in [0.1, 0.15) is 6.17 Å². The predicted octanol–water partition coefficient (Wildman–Crippen LogP) is 3.63. The van der Waals surface area contributed by atoms with Crippen molar-refractivity contribution in [3.63, 3.8) is 0 Å². The molecule has 0 radical (unpaired) electrons. The van der Waals surface area contributed by atoms with Gasteiger partial charge in [-0.3, -0.25) is 9.78 Å². The lowest BCUT2D eigenvalue weighted by atomic mass is 9.77. The van der Waals surface area contributed by atoms with Gasteiger partial charge in [0.2, 0.25) is 5.91 Å². The molecule has 5 heteroatoms. The monoisotopic (exact) mass is 308 g/mol. The summed E-state index contributed by atoms with van der Waals surface area (Å²) >= 11 is 0. The molecule has 23 heavy (non-hydrogen) atoms. The molecule has 0 fully saturated rings. The summed E-state index contributed by atoms with van der Waals surface area (Å²) in [5, 5.41) is 10.0. The van der Waals surface area contributed by atoms with E-state index in [-0.39, 0.29) is 12.1 Å². The number of carbonyl (C=O) groups excluding carboxylic acids is 1. The molecule has 0 saturated heterocycles. The smallest absolute Gasteiger partial charge is 0.235 e. The van der Waals surface area contributed by atoms with Crippen LogP contribution in [0.4, 0.5) is 17.1 Å². The Morgan fingerprint density at radius 2 is 1.70 bits per heavy atom. The van der Waals surface area contributed by atoms with Crippen LogP contribution in [0.5, 0.6) is 0 Å². The molecule has 0 saturated carbocycles. The molecule has 5 nitrogen and oxygen atoms in total. The summed E-state index contributed by atoms with van der Waals surface area (Å²) in [4.78, 5) is 16.5. The maximum Gasteiger partial charge on any atom is 0.235 e. The number of anilines is 3. The number of rotatable bonds is 3. The second kappa shape index (κ2) is 4.98. The van der Waals surface area contributed by atoms with Crippen LogP contribution in [0.2, 0.25) is 0 Å². The molecule has 1 atom stereocenters. The molecule has 2 aromatic rings. The third-order valence-corrected chi connectivity index (χ3v) is 5.20. The minimum Gasteiger partial charge on any atom is -0.360 e. The molecule has 3 heterocycles. The normalized spacial score (nSPS) is 20.3. The van der Waals surface area contributed by atoms with Crippen molar-refractivity contribution in [1.29, 1.82) is 0 Å². The Hall–Kier alpha value is -2.56. The number of pyridine rings is 1. The fraction of sp³-hybridized carbons (Fsp3) is 0.333. The lowest BCUT2D eigenvalue weighted by Gasteiger charge is -2.24. The van der Waals surface area contributed by atoms with Crippen LogP contribution in [0.3, 0.4) is 0 Å². The molecule has 1 aromatic heterocycles. The number of nitrogens with zero attached hydrogens (tertiary/aromatic N) is 1. The zero-order valence-electron chi connectivity index (χ0n) is 13.3. The standard InChI is InChI=1S/C18H20N4O/c1-3-18(4-2)12-9-14-15(10-13(12)22-17(18)23)21-16(20-14)11-5-7-19-8-6-11/h5-10,16,20-21H,3-4H2,1-2H3,(H,22,23). The molecule has 0 bridgehead atoms. The number of hydrogen-bond donors (Lipinski definition) is 3. The average Bonchev–Trinajstić information content (AvgIpc) is 3.11. The highest BCUT2D eigenvalue weighted by Gasteiger charge is 2.44. The van der Waals surface area contributed by atoms with E-state index in [4.69, 9.17) is 0 Å². The number of carbonyl (C=O) groups is 1. The third-order valence-electron chi connectivity index (χ3n) is 5.20. The first-order valence-corrected chi connectivity index (χ1v) is 8.11. The molecule has 1 unspecified atom stereocenters. The second-order valence-corrected chi connectivity index (χ2v) is 6.19. The maximum absolute atomic E-state index is 12.5. The SMILES string of the molecule is CCC1(CC)C(=O)Nc2cc3c(cc21)NC(c1ccncc1)N3. The first-order valence-electron chi connectivity index (χ1n) is 8.11. The van der Waals surface area contributed by atoms with E-state index in [1.54, 1.807) is 12.4 Å². The minimum atomic E-state index is -0.402. The van der Waals surface area contributed by atoms with Gasteiger partial charge >= 0.3 is 0 Å². The first kappa shape index (κ1) is 14.1. The summed E-state index contributed by atoms with van der Waals surface area (Å²) in [5.41, 5.74) is 4.85. The molecule has 4 rings (SSSR count). The van der Waals surface area contributed by atoms with Crippen LogP contribution in [0.1, 0.15) is 44.0 Å². The van der Waals surface area contributed by atoms with Crippen molar-refractivity contribution in [3.05, 3.63) is 47.8 Å². The Morgan fingerprint density at radius 1 is 1.04 bits per heavy atom. The van der Waals surface area contributed by atoms with Crippen molar-refractivity contribution in [3.8, 4) is 0 Å². The highest BCUT2D eigenvalue weighted by atomic mass is 16.2. The van der Waals surface area contributed by atoms with Gasteiger partial charge in [-0.2, -0.15) is 0 Å². The summed E-state index contributed by atoms with van der Waals surface area (Å²) in [7, 11) is 0. The lowest BCUT2D eigenvalue weighted by Crippen LogP contribution is -2.32. The molecule has 2 aliphatic heterocycles. The van der Waals surface area contributed by atoms with Gasteiger partial charge in [-0.05, 0) is 48.2 Å². The van der Waals surface area contributed by atoms with Gasteiger partial charge in [-0.15, -0.1) is 0 Å². The Bertz CT molecular complexity index is 768. The van der Waals surface area contributed by atoms with E-state index in [1.807, 2.05) is 18.2 Å². The summed E-state index contributed by atoms with van der Waals surface area (Å²) < 4.78 is 0. The van der Waals surface area contributed by atoms with Crippen LogP contribution in [-0.2, 0) is 10.2 Å². The van der Waals surface area contributed by atoms with E-state index in [9.17, 15) is 4.79 Å². The largest absolute Gasteiger partial charge is 0.360 e. The van der Waals surface area contributed by atoms with Crippen LogP contribution in [0, 0.1) is 0 Å². The Balaban J connectivity index is 1.73. The number of fused-ring (bicyclic) bond motifs is 2. The van der Waals surface area contributed by atoms with Gasteiger partial charge in [-0.25, -0.2) is 0 Å². The molecule has 3 N–H and O–H groups in total.